The highest BCUT2D eigenvalue weighted by Gasteiger charge is 2.53. The Labute approximate surface area is 347 Å². The Morgan fingerprint density at radius 2 is 1.68 bits per heavy atom. The summed E-state index contributed by atoms with van der Waals surface area (Å²) in [6.45, 7) is 11.7. The Hall–Kier alpha value is -5.86. The number of benzene rings is 3. The maximum atomic E-state index is 14.4. The summed E-state index contributed by atoms with van der Waals surface area (Å²) < 4.78 is 1.86. The monoisotopic (exact) mass is 811 g/mol. The van der Waals surface area contributed by atoms with Crippen molar-refractivity contribution in [3.05, 3.63) is 101 Å². The number of aliphatic hydroxyl groups is 1. The van der Waals surface area contributed by atoms with Crippen molar-refractivity contribution in [1.29, 1.82) is 0 Å². The van der Waals surface area contributed by atoms with Crippen LogP contribution in [0.25, 0.3) is 32.6 Å². The molecule has 59 heavy (non-hydrogen) atoms. The molecule has 3 aliphatic heterocycles. The number of phenolic OH excluding ortho intramolecular Hbond substituents is 1. The second-order valence-corrected chi connectivity index (χ2v) is 17.8. The molecule has 2 amide bonds. The fourth-order valence-electron chi connectivity index (χ4n) is 9.17. The number of aliphatic hydroxyl groups excluding tert-OH is 1. The maximum Gasteiger partial charge on any atom is 0.243 e. The number of likely N-dealkylation sites (tertiary alicyclic amines) is 1. The van der Waals surface area contributed by atoms with Crippen molar-refractivity contribution < 1.29 is 19.8 Å². The molecular weight excluding hydrogens is 763 g/mol. The van der Waals surface area contributed by atoms with Crippen LogP contribution < -0.4 is 15.1 Å². The molecule has 3 aliphatic rings. The molecule has 3 N–H and O–H groups in total. The summed E-state index contributed by atoms with van der Waals surface area (Å²) in [7, 11) is 1.92. The van der Waals surface area contributed by atoms with E-state index in [4.69, 9.17) is 5.10 Å². The number of aromatic hydroxyl groups is 1. The minimum atomic E-state index is -0.788. The van der Waals surface area contributed by atoms with E-state index in [0.717, 1.165) is 70.3 Å². The number of thiazole rings is 1. The maximum absolute atomic E-state index is 14.4. The van der Waals surface area contributed by atoms with E-state index in [1.807, 2.05) is 93.5 Å². The highest BCUT2D eigenvalue weighted by atomic mass is 32.1. The summed E-state index contributed by atoms with van der Waals surface area (Å²) >= 11 is 1.60. The largest absolute Gasteiger partial charge is 0.507 e. The van der Waals surface area contributed by atoms with Gasteiger partial charge < -0.3 is 30.2 Å². The predicted octanol–water partition coefficient (Wildman–Crippen LogP) is 6.07. The van der Waals surface area contributed by atoms with Crippen LogP contribution in [0.4, 0.5) is 11.5 Å². The van der Waals surface area contributed by atoms with Gasteiger partial charge in [0.05, 0.1) is 51.0 Å². The van der Waals surface area contributed by atoms with Gasteiger partial charge in [0.2, 0.25) is 11.8 Å². The first kappa shape index (κ1) is 38.6. The van der Waals surface area contributed by atoms with E-state index in [0.29, 0.717) is 17.0 Å². The Morgan fingerprint density at radius 3 is 2.39 bits per heavy atom. The van der Waals surface area contributed by atoms with Crippen LogP contribution in [0.5, 0.6) is 5.75 Å². The predicted molar refractivity (Wildman–Crippen MR) is 229 cm³/mol. The lowest BCUT2D eigenvalue weighted by Crippen LogP contribution is -2.72. The third kappa shape index (κ3) is 7.18. The molecule has 14 heteroatoms. The summed E-state index contributed by atoms with van der Waals surface area (Å²) in [4.78, 5) is 39.9. The van der Waals surface area contributed by atoms with E-state index in [9.17, 15) is 19.8 Å². The van der Waals surface area contributed by atoms with E-state index >= 15 is 0 Å². The van der Waals surface area contributed by atoms with Crippen LogP contribution >= 0.6 is 11.3 Å². The molecule has 9 rings (SSSR count). The van der Waals surface area contributed by atoms with Crippen LogP contribution in [-0.2, 0) is 16.6 Å². The lowest BCUT2D eigenvalue weighted by atomic mass is 9.72. The molecule has 3 aromatic carbocycles. The van der Waals surface area contributed by atoms with Crippen molar-refractivity contribution >= 4 is 45.6 Å². The number of hydrogen-bond donors (Lipinski definition) is 3. The average molecular weight is 812 g/mol. The molecular formula is C45H49N9O4S. The number of nitrogens with one attached hydrogen (secondary N) is 1. The summed E-state index contributed by atoms with van der Waals surface area (Å²) in [6.07, 6.45) is -0.601. The van der Waals surface area contributed by atoms with Crippen LogP contribution in [0.3, 0.4) is 0 Å². The number of anilines is 2. The van der Waals surface area contributed by atoms with Crippen LogP contribution in [0.2, 0.25) is 0 Å². The second-order valence-electron chi connectivity index (χ2n) is 17.0. The number of aromatic nitrogens is 5. The molecule has 3 fully saturated rings. The number of aryl methyl sites for hydroxylation is 2. The van der Waals surface area contributed by atoms with Gasteiger partial charge in [-0.1, -0.05) is 56.3 Å². The quantitative estimate of drug-likeness (QED) is 0.149. The summed E-state index contributed by atoms with van der Waals surface area (Å²) in [5, 5.41) is 38.9. The zero-order valence-electron chi connectivity index (χ0n) is 33.9. The highest BCUT2D eigenvalue weighted by molar-refractivity contribution is 7.13. The fraction of sp³-hybridized carbons (Fsp3) is 0.378. The number of carbonyl (C=O) groups excluding carboxylic acids is 2. The van der Waals surface area contributed by atoms with Crippen LogP contribution in [0.15, 0.2) is 84.4 Å². The number of rotatable bonds is 10. The molecule has 13 nitrogen and oxygen atoms in total. The molecule has 3 aromatic heterocycles. The smallest absolute Gasteiger partial charge is 0.243 e. The van der Waals surface area contributed by atoms with E-state index in [1.165, 1.54) is 0 Å². The molecule has 0 unspecified atom stereocenters. The van der Waals surface area contributed by atoms with Gasteiger partial charge in [-0.25, -0.2) is 4.98 Å². The van der Waals surface area contributed by atoms with Crippen LogP contribution in [0.1, 0.15) is 56.1 Å². The normalized spacial score (nSPS) is 19.5. The van der Waals surface area contributed by atoms with Crippen LogP contribution in [0, 0.1) is 18.3 Å². The fourth-order valence-corrected chi connectivity index (χ4v) is 9.99. The van der Waals surface area contributed by atoms with Gasteiger partial charge in [0.15, 0.2) is 0 Å². The second kappa shape index (κ2) is 15.1. The van der Waals surface area contributed by atoms with Crippen molar-refractivity contribution in [3.8, 4) is 27.4 Å². The Morgan fingerprint density at radius 1 is 0.932 bits per heavy atom. The summed E-state index contributed by atoms with van der Waals surface area (Å²) in [5.41, 5.74) is 8.91. The Balaban J connectivity index is 0.832. The number of para-hydroxylation sites is 1. The first-order valence-electron chi connectivity index (χ1n) is 20.3. The molecule has 6 heterocycles. The van der Waals surface area contributed by atoms with Crippen molar-refractivity contribution in [1.82, 2.24) is 35.2 Å². The van der Waals surface area contributed by atoms with Crippen molar-refractivity contribution in [3.63, 3.8) is 0 Å². The van der Waals surface area contributed by atoms with Gasteiger partial charge in [0.25, 0.3) is 0 Å². The van der Waals surface area contributed by atoms with E-state index < -0.39 is 18.1 Å². The van der Waals surface area contributed by atoms with E-state index in [-0.39, 0.29) is 47.9 Å². The minimum Gasteiger partial charge on any atom is -0.507 e. The Bertz CT molecular complexity index is 2540. The van der Waals surface area contributed by atoms with Crippen molar-refractivity contribution in [2.75, 3.05) is 42.5 Å². The minimum absolute atomic E-state index is 0.0852. The molecule has 4 atom stereocenters. The number of amides is 2. The highest BCUT2D eigenvalue weighted by Crippen LogP contribution is 2.45. The van der Waals surface area contributed by atoms with Crippen molar-refractivity contribution in [2.24, 2.45) is 18.4 Å². The van der Waals surface area contributed by atoms with E-state index in [1.54, 1.807) is 28.4 Å². The van der Waals surface area contributed by atoms with Crippen molar-refractivity contribution in [2.45, 2.75) is 58.2 Å². The van der Waals surface area contributed by atoms with Gasteiger partial charge in [-0.05, 0) is 61.2 Å². The zero-order chi connectivity index (χ0) is 41.2. The van der Waals surface area contributed by atoms with Gasteiger partial charge in [-0.2, -0.15) is 5.10 Å². The number of nitrogens with zero attached hydrogens (tertiary/aromatic N) is 8. The lowest BCUT2D eigenvalue weighted by molar-refractivity contribution is -0.140. The molecule has 6 aromatic rings. The Kier molecular flexibility index (Phi) is 9.87. The molecule has 0 aliphatic carbocycles. The molecule has 304 valence electrons. The number of phenols is 1. The first-order chi connectivity index (χ1) is 28.4. The third-order valence-corrected chi connectivity index (χ3v) is 13.3. The standard InChI is InChI=1S/C45H49N9O4S/c1-26(2)41(44(58)54-20-33(55)18-38(54)43(57)47-27(3)29-10-12-30(13-11-29)42-28(4)46-25-59-42)37-19-40(51(5)50-37)53-23-45(24-53)21-52(22-45)32-15-14-31-16-36(49-48-35(31)17-32)34-8-6-7-9-39(34)56/h6-17,19,25-27,33,38,41,55-56H,18,20-24H2,1-5H3,(H,47,57)/t27-,33+,38-,41+/m0/s1. The van der Waals surface area contributed by atoms with E-state index in [2.05, 4.69) is 48.5 Å². The SMILES string of the molecule is Cc1ncsc1-c1ccc([C@H](C)NC(=O)[C@@H]2C[C@@H](O)CN2C(=O)[C@@H](c2cc(N3CC4(CN(c5ccc6cc(-c7ccccc7O)nnc6c5)C4)C3)n(C)n2)C(C)C)cc1. The molecule has 0 radical (unpaired) electrons. The number of β-amino-alcohol motifs (C(OH)–C–C–N with tert-alkyl or cyclic N) is 1. The summed E-state index contributed by atoms with van der Waals surface area (Å²) in [6, 6.07) is 24.4. The van der Waals surface area contributed by atoms with Crippen LogP contribution in [-0.4, -0.2) is 96.8 Å². The zero-order valence-corrected chi connectivity index (χ0v) is 34.7. The number of fused-ring (bicyclic) bond motifs is 1. The molecule has 3 saturated heterocycles. The number of hydrogen-bond acceptors (Lipinski definition) is 11. The molecule has 1 spiro atoms. The van der Waals surface area contributed by atoms with Gasteiger partial charge in [0, 0.05) is 74.3 Å². The lowest BCUT2D eigenvalue weighted by Gasteiger charge is -2.61. The average Bonchev–Trinajstić information content (AvgIpc) is 3.91. The topological polar surface area (TPSA) is 153 Å². The van der Waals surface area contributed by atoms with Gasteiger partial charge in [-0.3, -0.25) is 14.3 Å². The molecule has 0 bridgehead atoms. The number of carbonyl (C=O) groups is 2. The van der Waals surface area contributed by atoms with Gasteiger partial charge in [0.1, 0.15) is 17.6 Å². The first-order valence-corrected chi connectivity index (χ1v) is 21.1. The van der Waals surface area contributed by atoms with Gasteiger partial charge >= 0.3 is 0 Å². The summed E-state index contributed by atoms with van der Waals surface area (Å²) in [5.74, 6) is 0.0174. The van der Waals surface area contributed by atoms with Gasteiger partial charge in [-0.15, -0.1) is 21.5 Å². The molecule has 0 saturated carbocycles. The third-order valence-electron chi connectivity index (χ3n) is 12.3.